The number of hydrogen-bond donors (Lipinski definition) is 1. The van der Waals surface area contributed by atoms with Crippen molar-refractivity contribution >= 4 is 17.6 Å². The van der Waals surface area contributed by atoms with E-state index >= 15 is 0 Å². The number of aryl methyl sites for hydroxylation is 2. The molecule has 3 heteroatoms. The van der Waals surface area contributed by atoms with Crippen LogP contribution in [0.5, 0.6) is 11.5 Å². The average Bonchev–Trinajstić information content (AvgIpc) is 2.63. The fourth-order valence-electron chi connectivity index (χ4n) is 2.74. The van der Waals surface area contributed by atoms with Gasteiger partial charge in [-0.15, -0.1) is 0 Å². The van der Waals surface area contributed by atoms with Crippen molar-refractivity contribution in [3.63, 3.8) is 0 Å². The molecule has 0 aliphatic carbocycles. The summed E-state index contributed by atoms with van der Waals surface area (Å²) in [6.45, 7) is 3.87. The van der Waals surface area contributed by atoms with E-state index in [-0.39, 0.29) is 5.57 Å². The molecule has 3 aromatic rings. The number of aliphatic carboxylic acids is 1. The predicted octanol–water partition coefficient (Wildman–Crippen LogP) is 5.72. The SMILES string of the molecule is Cc1ccc(C)c(/C(=C/c2cccc(Oc3ccccc3)c2)C(=O)O)c1. The van der Waals surface area contributed by atoms with Gasteiger partial charge in [0.1, 0.15) is 11.5 Å². The fourth-order valence-corrected chi connectivity index (χ4v) is 2.74. The van der Waals surface area contributed by atoms with E-state index in [2.05, 4.69) is 0 Å². The molecule has 130 valence electrons. The number of rotatable bonds is 5. The van der Waals surface area contributed by atoms with E-state index in [1.807, 2.05) is 86.6 Å². The summed E-state index contributed by atoms with van der Waals surface area (Å²) in [7, 11) is 0. The van der Waals surface area contributed by atoms with Crippen molar-refractivity contribution in [3.05, 3.63) is 95.1 Å². The van der Waals surface area contributed by atoms with Crippen LogP contribution in [-0.2, 0) is 4.79 Å². The van der Waals surface area contributed by atoms with Crippen LogP contribution in [0.25, 0.3) is 11.6 Å². The largest absolute Gasteiger partial charge is 0.478 e. The van der Waals surface area contributed by atoms with Gasteiger partial charge in [-0.2, -0.15) is 0 Å². The van der Waals surface area contributed by atoms with E-state index in [1.165, 1.54) is 0 Å². The number of ether oxygens (including phenoxy) is 1. The zero-order valence-corrected chi connectivity index (χ0v) is 14.8. The van der Waals surface area contributed by atoms with Crippen LogP contribution in [0.3, 0.4) is 0 Å². The maximum absolute atomic E-state index is 11.8. The molecule has 0 aliphatic rings. The van der Waals surface area contributed by atoms with Crippen molar-refractivity contribution in [1.82, 2.24) is 0 Å². The van der Waals surface area contributed by atoms with Crippen LogP contribution >= 0.6 is 0 Å². The van der Waals surface area contributed by atoms with E-state index in [1.54, 1.807) is 6.08 Å². The minimum atomic E-state index is -0.951. The van der Waals surface area contributed by atoms with E-state index in [9.17, 15) is 9.90 Å². The van der Waals surface area contributed by atoms with Gasteiger partial charge in [0, 0.05) is 0 Å². The van der Waals surface area contributed by atoms with Gasteiger partial charge in [-0.1, -0.05) is 54.1 Å². The Kier molecular flexibility index (Phi) is 5.18. The summed E-state index contributed by atoms with van der Waals surface area (Å²) in [4.78, 5) is 11.8. The Bertz CT molecular complexity index is 956. The van der Waals surface area contributed by atoms with E-state index in [0.717, 1.165) is 28.0 Å². The molecule has 0 unspecified atom stereocenters. The molecular weight excluding hydrogens is 324 g/mol. The number of benzene rings is 3. The van der Waals surface area contributed by atoms with E-state index < -0.39 is 5.97 Å². The molecule has 0 bridgehead atoms. The van der Waals surface area contributed by atoms with Gasteiger partial charge in [-0.3, -0.25) is 0 Å². The van der Waals surface area contributed by atoms with Crippen molar-refractivity contribution in [1.29, 1.82) is 0 Å². The second kappa shape index (κ2) is 7.70. The summed E-state index contributed by atoms with van der Waals surface area (Å²) in [6.07, 6.45) is 1.68. The molecule has 0 atom stereocenters. The molecule has 0 radical (unpaired) electrons. The first kappa shape index (κ1) is 17.5. The van der Waals surface area contributed by atoms with Crippen molar-refractivity contribution in [2.45, 2.75) is 13.8 Å². The average molecular weight is 344 g/mol. The number of carboxylic acid groups (broad SMARTS) is 1. The molecule has 0 saturated heterocycles. The topological polar surface area (TPSA) is 46.5 Å². The van der Waals surface area contributed by atoms with Gasteiger partial charge in [-0.05, 0) is 60.9 Å². The summed E-state index contributed by atoms with van der Waals surface area (Å²) < 4.78 is 5.83. The van der Waals surface area contributed by atoms with E-state index in [0.29, 0.717) is 5.75 Å². The Morgan fingerprint density at radius 1 is 0.885 bits per heavy atom. The van der Waals surface area contributed by atoms with Gasteiger partial charge in [-0.25, -0.2) is 4.79 Å². The molecule has 0 spiro atoms. The van der Waals surface area contributed by atoms with Gasteiger partial charge in [0.05, 0.1) is 5.57 Å². The van der Waals surface area contributed by atoms with Crippen LogP contribution in [0.15, 0.2) is 72.8 Å². The summed E-state index contributed by atoms with van der Waals surface area (Å²) in [5.74, 6) is 0.449. The Morgan fingerprint density at radius 3 is 2.35 bits per heavy atom. The van der Waals surface area contributed by atoms with Gasteiger partial charge in [0.15, 0.2) is 0 Å². The first-order valence-electron chi connectivity index (χ1n) is 8.38. The lowest BCUT2D eigenvalue weighted by Crippen LogP contribution is -2.02. The second-order valence-electron chi connectivity index (χ2n) is 6.17. The molecule has 26 heavy (non-hydrogen) atoms. The maximum Gasteiger partial charge on any atom is 0.336 e. The molecule has 1 N–H and O–H groups in total. The molecule has 0 aliphatic heterocycles. The lowest BCUT2D eigenvalue weighted by Gasteiger charge is -2.09. The van der Waals surface area contributed by atoms with Crippen LogP contribution in [0.2, 0.25) is 0 Å². The molecular formula is C23H20O3. The zero-order valence-electron chi connectivity index (χ0n) is 14.8. The molecule has 3 nitrogen and oxygen atoms in total. The third-order valence-electron chi connectivity index (χ3n) is 4.06. The Hall–Kier alpha value is -3.33. The van der Waals surface area contributed by atoms with Crippen LogP contribution in [0, 0.1) is 13.8 Å². The molecule has 0 heterocycles. The van der Waals surface area contributed by atoms with Crippen molar-refractivity contribution < 1.29 is 14.6 Å². The van der Waals surface area contributed by atoms with E-state index in [4.69, 9.17) is 4.74 Å². The summed E-state index contributed by atoms with van der Waals surface area (Å²) in [5.41, 5.74) is 3.73. The number of carbonyl (C=O) groups is 1. The van der Waals surface area contributed by atoms with Crippen LogP contribution in [0.1, 0.15) is 22.3 Å². The van der Waals surface area contributed by atoms with Crippen LogP contribution < -0.4 is 4.74 Å². The summed E-state index contributed by atoms with van der Waals surface area (Å²) in [6, 6.07) is 22.7. The van der Waals surface area contributed by atoms with Gasteiger partial charge in [0.25, 0.3) is 0 Å². The van der Waals surface area contributed by atoms with Crippen LogP contribution in [-0.4, -0.2) is 11.1 Å². The standard InChI is InChI=1S/C23H20O3/c1-16-11-12-17(2)21(13-16)22(23(24)25)15-18-7-6-10-20(14-18)26-19-8-4-3-5-9-19/h3-15H,1-2H3,(H,24,25)/b22-15-. The number of carboxylic acids is 1. The highest BCUT2D eigenvalue weighted by atomic mass is 16.5. The van der Waals surface area contributed by atoms with Crippen molar-refractivity contribution in [2.75, 3.05) is 0 Å². The smallest absolute Gasteiger partial charge is 0.336 e. The highest BCUT2D eigenvalue weighted by molar-refractivity contribution is 6.21. The Labute approximate surface area is 153 Å². The zero-order chi connectivity index (χ0) is 18.5. The molecule has 0 aromatic heterocycles. The third kappa shape index (κ3) is 4.19. The predicted molar refractivity (Wildman–Crippen MR) is 104 cm³/mol. The quantitative estimate of drug-likeness (QED) is 0.475. The molecule has 0 fully saturated rings. The van der Waals surface area contributed by atoms with Gasteiger partial charge >= 0.3 is 5.97 Å². The maximum atomic E-state index is 11.8. The highest BCUT2D eigenvalue weighted by Crippen LogP contribution is 2.26. The molecule has 0 saturated carbocycles. The van der Waals surface area contributed by atoms with Gasteiger partial charge in [0.2, 0.25) is 0 Å². The molecule has 0 amide bonds. The van der Waals surface area contributed by atoms with Crippen molar-refractivity contribution in [3.8, 4) is 11.5 Å². The lowest BCUT2D eigenvalue weighted by atomic mass is 9.96. The second-order valence-corrected chi connectivity index (χ2v) is 6.17. The van der Waals surface area contributed by atoms with Crippen molar-refractivity contribution in [2.24, 2.45) is 0 Å². The number of hydrogen-bond acceptors (Lipinski definition) is 2. The minimum Gasteiger partial charge on any atom is -0.478 e. The van der Waals surface area contributed by atoms with Gasteiger partial charge < -0.3 is 9.84 Å². The molecule has 3 rings (SSSR count). The first-order chi connectivity index (χ1) is 12.5. The third-order valence-corrected chi connectivity index (χ3v) is 4.06. The fraction of sp³-hybridized carbons (Fsp3) is 0.0870. The summed E-state index contributed by atoms with van der Waals surface area (Å²) in [5, 5.41) is 9.71. The first-order valence-corrected chi connectivity index (χ1v) is 8.38. The highest BCUT2D eigenvalue weighted by Gasteiger charge is 2.13. The molecule has 3 aromatic carbocycles. The lowest BCUT2D eigenvalue weighted by molar-refractivity contribution is -0.130. The monoisotopic (exact) mass is 344 g/mol. The normalized spacial score (nSPS) is 11.2. The summed E-state index contributed by atoms with van der Waals surface area (Å²) >= 11 is 0. The Balaban J connectivity index is 1.97. The number of para-hydroxylation sites is 1. The Morgan fingerprint density at radius 2 is 1.62 bits per heavy atom. The van der Waals surface area contributed by atoms with Crippen LogP contribution in [0.4, 0.5) is 0 Å². The minimum absolute atomic E-state index is 0.267.